The van der Waals surface area contributed by atoms with Crippen LogP contribution >= 0.6 is 0 Å². The maximum absolute atomic E-state index is 5.59. The molecule has 1 unspecified atom stereocenters. The van der Waals surface area contributed by atoms with Crippen LogP contribution in [0.2, 0.25) is 0 Å². The lowest BCUT2D eigenvalue weighted by Crippen LogP contribution is -2.13. The summed E-state index contributed by atoms with van der Waals surface area (Å²) in [4.78, 5) is 4.29. The molecular weight excluding hydrogens is 190 g/mol. The van der Waals surface area contributed by atoms with E-state index < -0.39 is 0 Å². The van der Waals surface area contributed by atoms with E-state index in [0.29, 0.717) is 12.6 Å². The van der Waals surface area contributed by atoms with Gasteiger partial charge in [-0.2, -0.15) is 0 Å². The minimum Gasteiger partial charge on any atom is -0.378 e. The van der Waals surface area contributed by atoms with Crippen LogP contribution in [0.5, 0.6) is 0 Å². The molecule has 0 aromatic carbocycles. The molecule has 15 heavy (non-hydrogen) atoms. The Morgan fingerprint density at radius 2 is 2.53 bits per heavy atom. The zero-order valence-corrected chi connectivity index (χ0v) is 9.06. The fraction of sp³-hybridized carbons (Fsp3) is 0.727. The Morgan fingerprint density at radius 1 is 1.60 bits per heavy atom. The molecule has 0 aliphatic carbocycles. The zero-order valence-electron chi connectivity index (χ0n) is 9.06. The first-order valence-electron chi connectivity index (χ1n) is 5.72. The third-order valence-corrected chi connectivity index (χ3v) is 2.89. The van der Waals surface area contributed by atoms with Gasteiger partial charge in [-0.3, -0.25) is 0 Å². The van der Waals surface area contributed by atoms with E-state index in [4.69, 9.17) is 10.5 Å². The second kappa shape index (κ2) is 5.28. The molecule has 0 amide bonds. The van der Waals surface area contributed by atoms with E-state index in [-0.39, 0.29) is 0 Å². The van der Waals surface area contributed by atoms with Crippen molar-refractivity contribution in [3.8, 4) is 0 Å². The molecule has 0 spiro atoms. The van der Waals surface area contributed by atoms with E-state index in [1.165, 1.54) is 12.8 Å². The Balaban J connectivity index is 1.83. The lowest BCUT2D eigenvalue weighted by atomic mass is 10.2. The minimum absolute atomic E-state index is 0.457. The van der Waals surface area contributed by atoms with Crippen LogP contribution in [0.3, 0.4) is 0 Å². The highest BCUT2D eigenvalue weighted by Gasteiger charge is 2.15. The number of rotatable bonds is 5. The number of nitrogens with two attached hydrogens (primary N) is 1. The van der Waals surface area contributed by atoms with Crippen LogP contribution in [-0.2, 0) is 17.7 Å². The predicted octanol–water partition coefficient (Wildman–Crippen LogP) is 0.953. The van der Waals surface area contributed by atoms with Crippen molar-refractivity contribution in [3.63, 3.8) is 0 Å². The van der Waals surface area contributed by atoms with Crippen LogP contribution in [-0.4, -0.2) is 28.8 Å². The number of imidazole rings is 1. The Kier molecular flexibility index (Phi) is 3.75. The lowest BCUT2D eigenvalue weighted by Gasteiger charge is -2.11. The molecule has 1 aromatic heterocycles. The van der Waals surface area contributed by atoms with E-state index in [9.17, 15) is 0 Å². The maximum atomic E-state index is 5.59. The van der Waals surface area contributed by atoms with Crippen molar-refractivity contribution in [2.45, 2.75) is 38.3 Å². The highest BCUT2D eigenvalue weighted by molar-refractivity contribution is 4.93. The van der Waals surface area contributed by atoms with Crippen molar-refractivity contribution in [2.24, 2.45) is 5.73 Å². The smallest absolute Gasteiger partial charge is 0.109 e. The van der Waals surface area contributed by atoms with Crippen molar-refractivity contribution in [3.05, 3.63) is 18.2 Å². The summed E-state index contributed by atoms with van der Waals surface area (Å²) < 4.78 is 7.78. The highest BCUT2D eigenvalue weighted by atomic mass is 16.5. The molecule has 0 saturated carbocycles. The van der Waals surface area contributed by atoms with Gasteiger partial charge in [-0.25, -0.2) is 4.98 Å². The highest BCUT2D eigenvalue weighted by Crippen LogP contribution is 2.16. The normalized spacial score (nSPS) is 21.0. The van der Waals surface area contributed by atoms with Crippen LogP contribution in [0, 0.1) is 0 Å². The van der Waals surface area contributed by atoms with E-state index in [1.54, 1.807) is 0 Å². The number of nitrogens with zero attached hydrogens (tertiary/aromatic N) is 2. The van der Waals surface area contributed by atoms with Gasteiger partial charge in [0.1, 0.15) is 5.82 Å². The summed E-state index contributed by atoms with van der Waals surface area (Å²) in [7, 11) is 0. The van der Waals surface area contributed by atoms with Gasteiger partial charge in [0.15, 0.2) is 0 Å². The van der Waals surface area contributed by atoms with Crippen molar-refractivity contribution >= 4 is 0 Å². The summed E-state index contributed by atoms with van der Waals surface area (Å²) in [5.41, 5.74) is 5.53. The van der Waals surface area contributed by atoms with Crippen LogP contribution in [0.1, 0.15) is 25.1 Å². The van der Waals surface area contributed by atoms with Crippen LogP contribution in [0.4, 0.5) is 0 Å². The topological polar surface area (TPSA) is 53.1 Å². The van der Waals surface area contributed by atoms with Gasteiger partial charge in [0, 0.05) is 32.0 Å². The first-order chi connectivity index (χ1) is 7.40. The third-order valence-electron chi connectivity index (χ3n) is 2.89. The van der Waals surface area contributed by atoms with Gasteiger partial charge in [0.05, 0.1) is 6.10 Å². The van der Waals surface area contributed by atoms with Gasteiger partial charge < -0.3 is 15.0 Å². The van der Waals surface area contributed by atoms with Gasteiger partial charge in [-0.05, 0) is 25.8 Å². The second-order valence-electron chi connectivity index (χ2n) is 4.00. The van der Waals surface area contributed by atoms with Gasteiger partial charge >= 0.3 is 0 Å². The summed E-state index contributed by atoms with van der Waals surface area (Å²) in [5.74, 6) is 1.09. The van der Waals surface area contributed by atoms with Crippen LogP contribution in [0.15, 0.2) is 12.4 Å². The summed E-state index contributed by atoms with van der Waals surface area (Å²) in [6, 6.07) is 0. The molecule has 1 fully saturated rings. The Hall–Kier alpha value is -0.870. The quantitative estimate of drug-likeness (QED) is 0.785. The molecule has 84 valence electrons. The van der Waals surface area contributed by atoms with Gasteiger partial charge in [0.25, 0.3) is 0 Å². The molecule has 1 saturated heterocycles. The zero-order chi connectivity index (χ0) is 10.5. The number of hydrogen-bond donors (Lipinski definition) is 1. The number of ether oxygens (including phenoxy) is 1. The predicted molar refractivity (Wildman–Crippen MR) is 58.6 cm³/mol. The molecule has 1 atom stereocenters. The molecule has 2 rings (SSSR count). The lowest BCUT2D eigenvalue weighted by molar-refractivity contribution is 0.100. The Bertz CT molecular complexity index is 292. The largest absolute Gasteiger partial charge is 0.378 e. The average Bonchev–Trinajstić information content (AvgIpc) is 2.85. The summed E-state index contributed by atoms with van der Waals surface area (Å²) in [5, 5.41) is 0. The molecule has 2 heterocycles. The summed E-state index contributed by atoms with van der Waals surface area (Å²) in [6.45, 7) is 2.60. The first kappa shape index (κ1) is 10.6. The fourth-order valence-electron chi connectivity index (χ4n) is 2.06. The second-order valence-corrected chi connectivity index (χ2v) is 4.00. The standard InChI is InChI=1S/C11H19N3O/c12-5-3-11-13-6-8-14(11)7-4-10-2-1-9-15-10/h6,8,10H,1-5,7,9,12H2. The van der Waals surface area contributed by atoms with E-state index in [2.05, 4.69) is 9.55 Å². The molecule has 1 aliphatic heterocycles. The Labute approximate surface area is 90.4 Å². The van der Waals surface area contributed by atoms with E-state index >= 15 is 0 Å². The molecule has 1 aliphatic rings. The Morgan fingerprint density at radius 3 is 3.27 bits per heavy atom. The molecule has 2 N–H and O–H groups in total. The number of hydrogen-bond acceptors (Lipinski definition) is 3. The molecule has 1 aromatic rings. The monoisotopic (exact) mass is 209 g/mol. The van der Waals surface area contributed by atoms with E-state index in [1.807, 2.05) is 12.4 Å². The van der Waals surface area contributed by atoms with Crippen molar-refractivity contribution < 1.29 is 4.74 Å². The minimum atomic E-state index is 0.457. The molecular formula is C11H19N3O. The van der Waals surface area contributed by atoms with Crippen molar-refractivity contribution in [1.29, 1.82) is 0 Å². The molecule has 0 bridgehead atoms. The molecule has 0 radical (unpaired) electrons. The van der Waals surface area contributed by atoms with Gasteiger partial charge in [0.2, 0.25) is 0 Å². The maximum Gasteiger partial charge on any atom is 0.109 e. The summed E-state index contributed by atoms with van der Waals surface area (Å²) in [6.07, 6.45) is 8.70. The SMILES string of the molecule is NCCc1nccn1CCC1CCCO1. The molecule has 4 nitrogen and oxygen atoms in total. The third kappa shape index (κ3) is 2.79. The summed E-state index contributed by atoms with van der Waals surface area (Å²) >= 11 is 0. The first-order valence-corrected chi connectivity index (χ1v) is 5.72. The number of aromatic nitrogens is 2. The van der Waals surface area contributed by atoms with Crippen molar-refractivity contribution in [2.75, 3.05) is 13.2 Å². The molecule has 4 heteroatoms. The average molecular weight is 209 g/mol. The van der Waals surface area contributed by atoms with Crippen LogP contribution < -0.4 is 5.73 Å². The van der Waals surface area contributed by atoms with Crippen LogP contribution in [0.25, 0.3) is 0 Å². The van der Waals surface area contributed by atoms with Gasteiger partial charge in [-0.1, -0.05) is 0 Å². The fourth-order valence-corrected chi connectivity index (χ4v) is 2.06. The number of aryl methyl sites for hydroxylation is 1. The van der Waals surface area contributed by atoms with Crippen molar-refractivity contribution in [1.82, 2.24) is 9.55 Å². The van der Waals surface area contributed by atoms with Gasteiger partial charge in [-0.15, -0.1) is 0 Å². The van der Waals surface area contributed by atoms with E-state index in [0.717, 1.165) is 31.8 Å².